The molecule has 4 N–H and O–H groups in total. The Labute approximate surface area is 308 Å². The van der Waals surface area contributed by atoms with Crippen molar-refractivity contribution in [2.24, 2.45) is 17.6 Å². The van der Waals surface area contributed by atoms with Crippen LogP contribution in [0.15, 0.2) is 24.3 Å². The summed E-state index contributed by atoms with van der Waals surface area (Å²) in [5.74, 6) is -0.819. The molecule has 0 aliphatic carbocycles. The second-order valence-electron chi connectivity index (χ2n) is 17.2. The molecule has 0 saturated carbocycles. The average molecular weight is 732 g/mol. The fourth-order valence-electron chi connectivity index (χ4n) is 10.8. The Kier molecular flexibility index (Phi) is 11.1. The van der Waals surface area contributed by atoms with E-state index in [9.17, 15) is 15.0 Å². The third kappa shape index (κ3) is 7.48. The SMILES string of the molecule is C=C1C2CC3O[C@H](CC(O)CN)[C@H](OC)C3CC(=O)CC3CC[C@@H]4O[C@@H]5CC(O[C@@]6(CCC7CC(=C)[C@H](CC[C@@H](C[C@H]1C)O2)O7)C[C@@H](O)C5O6)[C@H]4O3. The summed E-state index contributed by atoms with van der Waals surface area (Å²) in [5, 5.41) is 21.7. The average Bonchev–Trinajstić information content (AvgIpc) is 3.72. The molecule has 8 aliphatic heterocycles. The van der Waals surface area contributed by atoms with E-state index in [-0.39, 0.29) is 104 Å². The van der Waals surface area contributed by atoms with Gasteiger partial charge in [-0.3, -0.25) is 4.79 Å². The van der Waals surface area contributed by atoms with Crippen molar-refractivity contribution in [3.63, 3.8) is 0 Å². The molecule has 0 aromatic rings. The van der Waals surface area contributed by atoms with Crippen LogP contribution in [0.3, 0.4) is 0 Å². The summed E-state index contributed by atoms with van der Waals surface area (Å²) in [5.41, 5.74) is 7.96. The molecule has 12 nitrogen and oxygen atoms in total. The van der Waals surface area contributed by atoms with Gasteiger partial charge in [0.25, 0.3) is 0 Å². The van der Waals surface area contributed by atoms with Crippen LogP contribution in [0.2, 0.25) is 0 Å². The van der Waals surface area contributed by atoms with Crippen molar-refractivity contribution in [2.45, 2.75) is 194 Å². The second-order valence-corrected chi connectivity index (χ2v) is 17.2. The molecular weight excluding hydrogens is 670 g/mol. The molecule has 0 amide bonds. The van der Waals surface area contributed by atoms with Crippen molar-refractivity contribution in [3.05, 3.63) is 24.3 Å². The molecular formula is C40H61NO11. The van der Waals surface area contributed by atoms with Crippen LogP contribution in [0.25, 0.3) is 0 Å². The lowest BCUT2D eigenvalue weighted by Crippen LogP contribution is -2.58. The highest BCUT2D eigenvalue weighted by Gasteiger charge is 2.59. The molecule has 8 heterocycles. The normalized spacial score (nSPS) is 50.4. The maximum absolute atomic E-state index is 14.0. The summed E-state index contributed by atoms with van der Waals surface area (Å²) in [7, 11) is 1.65. The van der Waals surface area contributed by atoms with Crippen molar-refractivity contribution < 1.29 is 52.9 Å². The number of nitrogens with two attached hydrogens (primary N) is 1. The summed E-state index contributed by atoms with van der Waals surface area (Å²) in [6, 6.07) is 0. The molecule has 8 aliphatic rings. The van der Waals surface area contributed by atoms with E-state index in [1.807, 2.05) is 0 Å². The summed E-state index contributed by atoms with van der Waals surface area (Å²) >= 11 is 0. The number of ether oxygens (including phenoxy) is 8. The van der Waals surface area contributed by atoms with E-state index in [0.29, 0.717) is 38.5 Å². The first kappa shape index (κ1) is 37.6. The maximum atomic E-state index is 14.0. The van der Waals surface area contributed by atoms with Crippen LogP contribution >= 0.6 is 0 Å². The highest BCUT2D eigenvalue weighted by atomic mass is 16.7. The Hall–Kier alpha value is -1.29. The Morgan fingerprint density at radius 3 is 2.44 bits per heavy atom. The number of aliphatic hydroxyl groups excluding tert-OH is 2. The lowest BCUT2D eigenvalue weighted by molar-refractivity contribution is -0.277. The number of rotatable bonds is 4. The van der Waals surface area contributed by atoms with Gasteiger partial charge >= 0.3 is 0 Å². The maximum Gasteiger partial charge on any atom is 0.172 e. The topological polar surface area (TPSA) is 157 Å². The van der Waals surface area contributed by atoms with Gasteiger partial charge in [-0.05, 0) is 62.0 Å². The van der Waals surface area contributed by atoms with E-state index < -0.39 is 30.2 Å². The molecule has 12 heteroatoms. The van der Waals surface area contributed by atoms with E-state index in [0.717, 1.165) is 49.7 Å². The van der Waals surface area contributed by atoms with Gasteiger partial charge in [0.05, 0.1) is 79.4 Å². The zero-order valence-corrected chi connectivity index (χ0v) is 31.0. The fraction of sp³-hybridized carbons (Fsp3) is 0.875. The lowest BCUT2D eigenvalue weighted by atomic mass is 9.81. The van der Waals surface area contributed by atoms with Gasteiger partial charge in [0.1, 0.15) is 18.0 Å². The van der Waals surface area contributed by atoms with Gasteiger partial charge in [0, 0.05) is 64.5 Å². The number of hydrogen-bond acceptors (Lipinski definition) is 12. The van der Waals surface area contributed by atoms with Crippen LogP contribution in [0.5, 0.6) is 0 Å². The summed E-state index contributed by atoms with van der Waals surface area (Å²) in [6.07, 6.45) is 3.90. The van der Waals surface area contributed by atoms with Gasteiger partial charge in [-0.2, -0.15) is 0 Å². The smallest absolute Gasteiger partial charge is 0.172 e. The molecule has 0 aromatic carbocycles. The monoisotopic (exact) mass is 731 g/mol. The number of ketones is 1. The predicted octanol–water partition coefficient (Wildman–Crippen LogP) is 3.42. The van der Waals surface area contributed by atoms with Crippen molar-refractivity contribution in [1.29, 1.82) is 0 Å². The number of aliphatic hydroxyl groups is 2. The predicted molar refractivity (Wildman–Crippen MR) is 188 cm³/mol. The molecule has 8 saturated heterocycles. The first-order valence-corrected chi connectivity index (χ1v) is 20.1. The number of Topliss-reactive ketones (excluding diaryl/α,β-unsaturated/α-hetero) is 1. The van der Waals surface area contributed by atoms with Gasteiger partial charge in [-0.15, -0.1) is 0 Å². The molecule has 10 bridgehead atoms. The Morgan fingerprint density at radius 2 is 1.63 bits per heavy atom. The second kappa shape index (κ2) is 15.3. The molecule has 292 valence electrons. The van der Waals surface area contributed by atoms with Gasteiger partial charge in [-0.1, -0.05) is 20.1 Å². The quantitative estimate of drug-likeness (QED) is 0.363. The van der Waals surface area contributed by atoms with Crippen LogP contribution < -0.4 is 5.73 Å². The van der Waals surface area contributed by atoms with Crippen molar-refractivity contribution in [3.8, 4) is 0 Å². The van der Waals surface area contributed by atoms with Crippen LogP contribution in [0.1, 0.15) is 96.8 Å². The van der Waals surface area contributed by atoms with Crippen LogP contribution in [0.4, 0.5) is 0 Å². The van der Waals surface area contributed by atoms with Crippen LogP contribution in [-0.4, -0.2) is 127 Å². The third-order valence-electron chi connectivity index (χ3n) is 13.6. The Balaban J connectivity index is 1.06. The molecule has 8 rings (SSSR count). The van der Waals surface area contributed by atoms with Gasteiger partial charge in [0.15, 0.2) is 5.79 Å². The zero-order valence-electron chi connectivity index (χ0n) is 31.0. The lowest BCUT2D eigenvalue weighted by Gasteiger charge is -2.47. The Morgan fingerprint density at radius 1 is 0.846 bits per heavy atom. The standard InChI is InChI=1S/C40H61NO11/c1-20-11-25-5-7-30-21(2)12-27(46-30)9-10-40-18-29(44)38(52-40)35-17-36(51-40)39-31(49-35)8-6-26(48-39)13-23(42)14-28-33(16-32(47-25)22(20)3)50-34(37(28)45-4)15-24(43)19-41/h20,24-39,43-44H,2-3,5-19,41H2,1,4H3/t20-,24?,25+,26?,27?,28?,29-,30+,31+,32?,33?,34-,35-,36?,37-,38?,39+,40-/m1/s1. The summed E-state index contributed by atoms with van der Waals surface area (Å²) in [6.45, 7) is 11.2. The van der Waals surface area contributed by atoms with E-state index in [4.69, 9.17) is 43.6 Å². The number of carbonyl (C=O) groups is 1. The van der Waals surface area contributed by atoms with Crippen LogP contribution in [-0.2, 0) is 42.7 Å². The van der Waals surface area contributed by atoms with Gasteiger partial charge in [0.2, 0.25) is 0 Å². The number of carbonyl (C=O) groups excluding carboxylic acids is 1. The fourth-order valence-corrected chi connectivity index (χ4v) is 10.8. The summed E-state index contributed by atoms with van der Waals surface area (Å²) in [4.78, 5) is 14.0. The Bertz CT molecular complexity index is 1330. The first-order valence-electron chi connectivity index (χ1n) is 20.1. The highest BCUT2D eigenvalue weighted by Crippen LogP contribution is 2.49. The van der Waals surface area contributed by atoms with E-state index in [2.05, 4.69) is 20.1 Å². The molecule has 8 fully saturated rings. The minimum Gasteiger partial charge on any atom is -0.392 e. The third-order valence-corrected chi connectivity index (χ3v) is 13.6. The molecule has 18 atom stereocenters. The first-order chi connectivity index (χ1) is 25.0. The zero-order chi connectivity index (χ0) is 36.3. The highest BCUT2D eigenvalue weighted by molar-refractivity contribution is 5.79. The van der Waals surface area contributed by atoms with Crippen LogP contribution in [0, 0.1) is 11.8 Å². The molecule has 1 spiro atoms. The van der Waals surface area contributed by atoms with Crippen molar-refractivity contribution >= 4 is 5.78 Å². The van der Waals surface area contributed by atoms with Gasteiger partial charge < -0.3 is 53.8 Å². The van der Waals surface area contributed by atoms with E-state index in [1.54, 1.807) is 7.11 Å². The van der Waals surface area contributed by atoms with Crippen molar-refractivity contribution in [1.82, 2.24) is 0 Å². The molecule has 0 radical (unpaired) electrons. The number of methoxy groups -OCH3 is 1. The van der Waals surface area contributed by atoms with E-state index in [1.165, 1.54) is 0 Å². The van der Waals surface area contributed by atoms with Gasteiger partial charge in [-0.25, -0.2) is 0 Å². The van der Waals surface area contributed by atoms with E-state index >= 15 is 0 Å². The molecule has 8 unspecified atom stereocenters. The number of hydrogen-bond donors (Lipinski definition) is 3. The number of fused-ring (bicyclic) bond motifs is 9. The molecule has 52 heavy (non-hydrogen) atoms. The largest absolute Gasteiger partial charge is 0.392 e. The molecule has 0 aromatic heterocycles. The minimum absolute atomic E-state index is 0.00397. The summed E-state index contributed by atoms with van der Waals surface area (Å²) < 4.78 is 52.9. The van der Waals surface area contributed by atoms with Crippen molar-refractivity contribution in [2.75, 3.05) is 13.7 Å². The minimum atomic E-state index is -0.947.